The standard InChI is InChI=1S/C17H12ClNO4/c18-11-2-1-3-12(8-11)19-16(21)6-10-7-17(22)23-15-9-13(20)4-5-14(10)15/h1-5,7-9,20H,6H2,(H,19,21). The molecule has 0 fully saturated rings. The number of nitrogens with one attached hydrogen (secondary N) is 1. The molecule has 2 N–H and O–H groups in total. The Balaban J connectivity index is 1.89. The third-order valence-electron chi connectivity index (χ3n) is 3.27. The van der Waals surface area contributed by atoms with E-state index in [1.54, 1.807) is 30.3 Å². The molecule has 116 valence electrons. The van der Waals surface area contributed by atoms with Crippen LogP contribution in [0.5, 0.6) is 5.75 Å². The first kappa shape index (κ1) is 15.1. The van der Waals surface area contributed by atoms with Gasteiger partial charge in [-0.15, -0.1) is 0 Å². The van der Waals surface area contributed by atoms with Gasteiger partial charge in [0.05, 0.1) is 6.42 Å². The highest BCUT2D eigenvalue weighted by atomic mass is 35.5. The van der Waals surface area contributed by atoms with Crippen LogP contribution in [-0.2, 0) is 11.2 Å². The minimum atomic E-state index is -0.575. The molecule has 2 aromatic carbocycles. The van der Waals surface area contributed by atoms with E-state index in [9.17, 15) is 14.7 Å². The number of hydrogen-bond donors (Lipinski definition) is 2. The lowest BCUT2D eigenvalue weighted by molar-refractivity contribution is -0.115. The maximum Gasteiger partial charge on any atom is 0.336 e. The lowest BCUT2D eigenvalue weighted by Gasteiger charge is -2.07. The number of halogens is 1. The van der Waals surface area contributed by atoms with Gasteiger partial charge in [-0.3, -0.25) is 4.79 Å². The van der Waals surface area contributed by atoms with Crippen molar-refractivity contribution in [2.75, 3.05) is 5.32 Å². The number of fused-ring (bicyclic) bond motifs is 1. The fraction of sp³-hybridized carbons (Fsp3) is 0.0588. The van der Waals surface area contributed by atoms with Gasteiger partial charge in [0, 0.05) is 28.2 Å². The summed E-state index contributed by atoms with van der Waals surface area (Å²) in [4.78, 5) is 23.8. The lowest BCUT2D eigenvalue weighted by Crippen LogP contribution is -2.15. The van der Waals surface area contributed by atoms with Crippen LogP contribution in [0.15, 0.2) is 57.7 Å². The van der Waals surface area contributed by atoms with Crippen LogP contribution in [0.1, 0.15) is 5.56 Å². The summed E-state index contributed by atoms with van der Waals surface area (Å²) >= 11 is 5.87. The number of anilines is 1. The van der Waals surface area contributed by atoms with E-state index in [4.69, 9.17) is 16.0 Å². The van der Waals surface area contributed by atoms with Gasteiger partial charge in [0.25, 0.3) is 0 Å². The van der Waals surface area contributed by atoms with E-state index < -0.39 is 5.63 Å². The monoisotopic (exact) mass is 329 g/mol. The van der Waals surface area contributed by atoms with Crippen LogP contribution >= 0.6 is 11.6 Å². The first-order valence-electron chi connectivity index (χ1n) is 6.82. The van der Waals surface area contributed by atoms with Crippen molar-refractivity contribution in [3.8, 4) is 5.75 Å². The molecule has 3 aromatic rings. The van der Waals surface area contributed by atoms with Crippen molar-refractivity contribution in [3.63, 3.8) is 0 Å². The van der Waals surface area contributed by atoms with Crippen molar-refractivity contribution in [1.82, 2.24) is 0 Å². The van der Waals surface area contributed by atoms with E-state index >= 15 is 0 Å². The summed E-state index contributed by atoms with van der Waals surface area (Å²) in [7, 11) is 0. The molecule has 1 heterocycles. The van der Waals surface area contributed by atoms with Crippen molar-refractivity contribution >= 4 is 34.2 Å². The Hall–Kier alpha value is -2.79. The second kappa shape index (κ2) is 6.14. The first-order valence-corrected chi connectivity index (χ1v) is 7.20. The summed E-state index contributed by atoms with van der Waals surface area (Å²) in [5, 5.41) is 13.3. The van der Waals surface area contributed by atoms with Crippen molar-refractivity contribution in [2.24, 2.45) is 0 Å². The number of phenolic OH excluding ortho intramolecular Hbond substituents is 1. The van der Waals surface area contributed by atoms with Crippen molar-refractivity contribution in [1.29, 1.82) is 0 Å². The summed E-state index contributed by atoms with van der Waals surface area (Å²) in [6, 6.07) is 12.5. The largest absolute Gasteiger partial charge is 0.508 e. The second-order valence-corrected chi connectivity index (χ2v) is 5.44. The smallest absolute Gasteiger partial charge is 0.336 e. The molecule has 3 rings (SSSR count). The number of carbonyl (C=O) groups is 1. The molecule has 0 aliphatic carbocycles. The normalized spacial score (nSPS) is 10.7. The zero-order valence-electron chi connectivity index (χ0n) is 11.9. The van der Waals surface area contributed by atoms with E-state index in [1.807, 2.05) is 0 Å². The Bertz CT molecular complexity index is 949. The van der Waals surface area contributed by atoms with Crippen LogP contribution in [0.3, 0.4) is 0 Å². The Morgan fingerprint density at radius 2 is 2.00 bits per heavy atom. The average Bonchev–Trinajstić information content (AvgIpc) is 2.46. The first-order chi connectivity index (χ1) is 11.0. The van der Waals surface area contributed by atoms with Crippen molar-refractivity contribution < 1.29 is 14.3 Å². The Morgan fingerprint density at radius 3 is 2.78 bits per heavy atom. The number of carbonyl (C=O) groups excluding carboxylic acids is 1. The highest BCUT2D eigenvalue weighted by Crippen LogP contribution is 2.22. The zero-order chi connectivity index (χ0) is 16.4. The number of benzene rings is 2. The quantitative estimate of drug-likeness (QED) is 0.722. The summed E-state index contributed by atoms with van der Waals surface area (Å²) < 4.78 is 5.03. The van der Waals surface area contributed by atoms with E-state index in [2.05, 4.69) is 5.32 Å². The molecule has 0 spiro atoms. The third kappa shape index (κ3) is 3.52. The number of amides is 1. The predicted molar refractivity (Wildman–Crippen MR) is 87.9 cm³/mol. The molecule has 0 bridgehead atoms. The summed E-state index contributed by atoms with van der Waals surface area (Å²) in [5.74, 6) is -0.298. The zero-order valence-corrected chi connectivity index (χ0v) is 12.6. The molecular weight excluding hydrogens is 318 g/mol. The highest BCUT2D eigenvalue weighted by Gasteiger charge is 2.11. The van der Waals surface area contributed by atoms with Gasteiger partial charge >= 0.3 is 5.63 Å². The van der Waals surface area contributed by atoms with Crippen LogP contribution in [0.25, 0.3) is 11.0 Å². The van der Waals surface area contributed by atoms with Crippen LogP contribution in [0.4, 0.5) is 5.69 Å². The van der Waals surface area contributed by atoms with Gasteiger partial charge in [0.2, 0.25) is 5.91 Å². The van der Waals surface area contributed by atoms with Gasteiger partial charge in [0.15, 0.2) is 0 Å². The van der Waals surface area contributed by atoms with Crippen LogP contribution in [-0.4, -0.2) is 11.0 Å². The number of rotatable bonds is 3. The molecule has 6 heteroatoms. The van der Waals surface area contributed by atoms with E-state index in [0.717, 1.165) is 0 Å². The highest BCUT2D eigenvalue weighted by molar-refractivity contribution is 6.30. The number of phenols is 1. The molecule has 0 aliphatic heterocycles. The number of aromatic hydroxyl groups is 1. The molecule has 0 radical (unpaired) electrons. The molecule has 0 unspecified atom stereocenters. The lowest BCUT2D eigenvalue weighted by atomic mass is 10.1. The molecule has 0 saturated carbocycles. The van der Waals surface area contributed by atoms with E-state index in [0.29, 0.717) is 21.7 Å². The molecule has 0 saturated heterocycles. The maximum atomic E-state index is 12.2. The fourth-order valence-corrected chi connectivity index (χ4v) is 2.50. The molecule has 0 atom stereocenters. The SMILES string of the molecule is O=C(Cc1cc(=O)oc2cc(O)ccc12)Nc1cccc(Cl)c1. The van der Waals surface area contributed by atoms with Gasteiger partial charge in [0.1, 0.15) is 11.3 Å². The summed E-state index contributed by atoms with van der Waals surface area (Å²) in [5.41, 5.74) is 0.764. The van der Waals surface area contributed by atoms with E-state index in [1.165, 1.54) is 18.2 Å². The predicted octanol–water partition coefficient (Wildman–Crippen LogP) is 3.33. The van der Waals surface area contributed by atoms with Crippen molar-refractivity contribution in [2.45, 2.75) is 6.42 Å². The van der Waals surface area contributed by atoms with Gasteiger partial charge in [-0.05, 0) is 35.9 Å². The van der Waals surface area contributed by atoms with Crippen LogP contribution in [0, 0.1) is 0 Å². The summed E-state index contributed by atoms with van der Waals surface area (Å²) in [6.07, 6.45) is -0.000607. The maximum absolute atomic E-state index is 12.2. The molecule has 1 aromatic heterocycles. The van der Waals surface area contributed by atoms with Gasteiger partial charge < -0.3 is 14.8 Å². The van der Waals surface area contributed by atoms with Gasteiger partial charge in [-0.1, -0.05) is 17.7 Å². The molecule has 0 aliphatic rings. The fourth-order valence-electron chi connectivity index (χ4n) is 2.31. The molecule has 1 amide bonds. The molecule has 5 nitrogen and oxygen atoms in total. The van der Waals surface area contributed by atoms with Crippen LogP contribution in [0.2, 0.25) is 5.02 Å². The van der Waals surface area contributed by atoms with Gasteiger partial charge in [-0.2, -0.15) is 0 Å². The second-order valence-electron chi connectivity index (χ2n) is 5.01. The Labute approximate surface area is 136 Å². The summed E-state index contributed by atoms with van der Waals surface area (Å²) in [6.45, 7) is 0. The third-order valence-corrected chi connectivity index (χ3v) is 3.51. The van der Waals surface area contributed by atoms with Crippen molar-refractivity contribution in [3.05, 3.63) is 69.5 Å². The minimum Gasteiger partial charge on any atom is -0.508 e. The average molecular weight is 330 g/mol. The van der Waals surface area contributed by atoms with Crippen LogP contribution < -0.4 is 10.9 Å². The Kier molecular flexibility index (Phi) is 4.04. The molecular formula is C17H12ClNO4. The van der Waals surface area contributed by atoms with Gasteiger partial charge in [-0.25, -0.2) is 4.79 Å². The molecule has 23 heavy (non-hydrogen) atoms. The Morgan fingerprint density at radius 1 is 1.17 bits per heavy atom. The minimum absolute atomic E-state index is 0.000607. The number of hydrogen-bond acceptors (Lipinski definition) is 4. The topological polar surface area (TPSA) is 79.5 Å². The van der Waals surface area contributed by atoms with E-state index in [-0.39, 0.29) is 23.7 Å².